The Morgan fingerprint density at radius 2 is 2.00 bits per heavy atom. The number of hydrogen-bond acceptors (Lipinski definition) is 5. The number of hydrogen-bond donors (Lipinski definition) is 1. The first kappa shape index (κ1) is 13.7. The lowest BCUT2D eigenvalue weighted by Gasteiger charge is -2.35. The molecule has 0 unspecified atom stereocenters. The van der Waals surface area contributed by atoms with E-state index in [2.05, 4.69) is 14.9 Å². The second-order valence-electron chi connectivity index (χ2n) is 3.64. The summed E-state index contributed by atoms with van der Waals surface area (Å²) in [6.07, 6.45) is 5.06. The summed E-state index contributed by atoms with van der Waals surface area (Å²) in [6.45, 7) is 3.05. The number of rotatable bonds is 2. The molecule has 94 valence electrons. The van der Waals surface area contributed by atoms with Crippen molar-refractivity contribution in [1.82, 2.24) is 14.9 Å². The molecule has 2 heterocycles. The number of amides is 1. The number of carbonyl (C=O) groups excluding carboxylic acids is 1. The van der Waals surface area contributed by atoms with Gasteiger partial charge >= 0.3 is 0 Å². The predicted octanol–water partition coefficient (Wildman–Crippen LogP) is -0.494. The van der Waals surface area contributed by atoms with E-state index in [1.807, 2.05) is 0 Å². The molecule has 2 rings (SSSR count). The SMILES string of the molecule is Cl.NCC(=O)N1CCN(c2cnccn2)CC1. The van der Waals surface area contributed by atoms with E-state index in [1.165, 1.54) is 0 Å². The number of nitrogens with two attached hydrogens (primary N) is 1. The summed E-state index contributed by atoms with van der Waals surface area (Å²) in [4.78, 5) is 23.5. The van der Waals surface area contributed by atoms with E-state index >= 15 is 0 Å². The minimum atomic E-state index is 0. The number of aromatic nitrogens is 2. The molecule has 0 bridgehead atoms. The second kappa shape index (κ2) is 6.36. The highest BCUT2D eigenvalue weighted by molar-refractivity contribution is 5.85. The highest BCUT2D eigenvalue weighted by Crippen LogP contribution is 2.10. The summed E-state index contributed by atoms with van der Waals surface area (Å²) in [5.74, 6) is 0.876. The normalized spacial score (nSPS) is 15.4. The zero-order valence-electron chi connectivity index (χ0n) is 9.45. The number of nitrogens with zero attached hydrogens (tertiary/aromatic N) is 4. The zero-order valence-corrected chi connectivity index (χ0v) is 10.3. The molecule has 0 atom stereocenters. The second-order valence-corrected chi connectivity index (χ2v) is 3.64. The summed E-state index contributed by atoms with van der Waals surface area (Å²) < 4.78 is 0. The van der Waals surface area contributed by atoms with Crippen LogP contribution in [0, 0.1) is 0 Å². The highest BCUT2D eigenvalue weighted by atomic mass is 35.5. The van der Waals surface area contributed by atoms with E-state index in [9.17, 15) is 4.79 Å². The van der Waals surface area contributed by atoms with Crippen LogP contribution in [0.1, 0.15) is 0 Å². The van der Waals surface area contributed by atoms with Crippen LogP contribution in [0.15, 0.2) is 18.6 Å². The van der Waals surface area contributed by atoms with Crippen molar-refractivity contribution in [3.63, 3.8) is 0 Å². The Morgan fingerprint density at radius 3 is 2.53 bits per heavy atom. The minimum absolute atomic E-state index is 0. The molecule has 0 saturated carbocycles. The Hall–Kier alpha value is -1.40. The maximum atomic E-state index is 11.4. The van der Waals surface area contributed by atoms with E-state index in [-0.39, 0.29) is 24.9 Å². The fourth-order valence-corrected chi connectivity index (χ4v) is 1.77. The van der Waals surface area contributed by atoms with Crippen LogP contribution in [-0.2, 0) is 4.79 Å². The molecule has 1 aromatic rings. The number of carbonyl (C=O) groups is 1. The van der Waals surface area contributed by atoms with Gasteiger partial charge in [-0.2, -0.15) is 0 Å². The third kappa shape index (κ3) is 3.28. The van der Waals surface area contributed by atoms with E-state index < -0.39 is 0 Å². The summed E-state index contributed by atoms with van der Waals surface area (Å²) in [5, 5.41) is 0. The molecule has 0 aromatic carbocycles. The van der Waals surface area contributed by atoms with Crippen LogP contribution >= 0.6 is 12.4 Å². The molecule has 1 amide bonds. The number of halogens is 1. The number of piperazine rings is 1. The lowest BCUT2D eigenvalue weighted by molar-refractivity contribution is -0.129. The predicted molar refractivity (Wildman–Crippen MR) is 67.1 cm³/mol. The van der Waals surface area contributed by atoms with E-state index in [0.717, 1.165) is 18.9 Å². The lowest BCUT2D eigenvalue weighted by atomic mass is 10.3. The Kier molecular flexibility index (Phi) is 5.11. The van der Waals surface area contributed by atoms with E-state index in [0.29, 0.717) is 13.1 Å². The van der Waals surface area contributed by atoms with Gasteiger partial charge in [-0.15, -0.1) is 12.4 Å². The Morgan fingerprint density at radius 1 is 1.29 bits per heavy atom. The van der Waals surface area contributed by atoms with Crippen molar-refractivity contribution >= 4 is 24.1 Å². The summed E-state index contributed by atoms with van der Waals surface area (Å²) in [7, 11) is 0. The molecule has 1 saturated heterocycles. The molecule has 1 aliphatic heterocycles. The van der Waals surface area contributed by atoms with Crippen LogP contribution in [0.5, 0.6) is 0 Å². The molecule has 0 radical (unpaired) electrons. The first-order valence-electron chi connectivity index (χ1n) is 5.30. The van der Waals surface area contributed by atoms with Gasteiger partial charge in [0.2, 0.25) is 5.91 Å². The maximum Gasteiger partial charge on any atom is 0.236 e. The van der Waals surface area contributed by atoms with Gasteiger partial charge in [0, 0.05) is 38.6 Å². The molecule has 1 aromatic heterocycles. The lowest BCUT2D eigenvalue weighted by Crippen LogP contribution is -2.50. The molecule has 6 nitrogen and oxygen atoms in total. The molecule has 7 heteroatoms. The van der Waals surface area contributed by atoms with Crippen molar-refractivity contribution in [2.24, 2.45) is 5.73 Å². The van der Waals surface area contributed by atoms with Crippen LogP contribution in [0.25, 0.3) is 0 Å². The fraction of sp³-hybridized carbons (Fsp3) is 0.500. The largest absolute Gasteiger partial charge is 0.352 e. The van der Waals surface area contributed by atoms with Crippen molar-refractivity contribution < 1.29 is 4.79 Å². The number of anilines is 1. The molecule has 0 spiro atoms. The Bertz CT molecular complexity index is 353. The minimum Gasteiger partial charge on any atom is -0.352 e. The van der Waals surface area contributed by atoms with Crippen LogP contribution < -0.4 is 10.6 Å². The quantitative estimate of drug-likeness (QED) is 0.774. The first-order valence-corrected chi connectivity index (χ1v) is 5.30. The van der Waals surface area contributed by atoms with Gasteiger partial charge in [-0.25, -0.2) is 4.98 Å². The summed E-state index contributed by atoms with van der Waals surface area (Å²) >= 11 is 0. The fourth-order valence-electron chi connectivity index (χ4n) is 1.77. The van der Waals surface area contributed by atoms with Crippen molar-refractivity contribution in [2.75, 3.05) is 37.6 Å². The van der Waals surface area contributed by atoms with Crippen LogP contribution in [0.4, 0.5) is 5.82 Å². The van der Waals surface area contributed by atoms with Gasteiger partial charge in [-0.1, -0.05) is 0 Å². The van der Waals surface area contributed by atoms with Crippen LogP contribution in [0.3, 0.4) is 0 Å². The standard InChI is InChI=1S/C10H15N5O.ClH/c11-7-10(16)15-5-3-14(4-6-15)9-8-12-1-2-13-9;/h1-2,8H,3-7,11H2;1H. The zero-order chi connectivity index (χ0) is 11.4. The monoisotopic (exact) mass is 257 g/mol. The van der Waals surface area contributed by atoms with Crippen molar-refractivity contribution in [3.05, 3.63) is 18.6 Å². The topological polar surface area (TPSA) is 75.4 Å². The van der Waals surface area contributed by atoms with Gasteiger partial charge < -0.3 is 15.5 Å². The maximum absolute atomic E-state index is 11.4. The van der Waals surface area contributed by atoms with E-state index in [4.69, 9.17) is 5.73 Å². The average molecular weight is 258 g/mol. The van der Waals surface area contributed by atoms with Gasteiger partial charge in [0.05, 0.1) is 12.7 Å². The van der Waals surface area contributed by atoms with Crippen LogP contribution in [0.2, 0.25) is 0 Å². The van der Waals surface area contributed by atoms with Gasteiger partial charge in [0.15, 0.2) is 0 Å². The van der Waals surface area contributed by atoms with Gasteiger partial charge in [0.25, 0.3) is 0 Å². The van der Waals surface area contributed by atoms with Gasteiger partial charge in [0.1, 0.15) is 5.82 Å². The van der Waals surface area contributed by atoms with Crippen molar-refractivity contribution in [1.29, 1.82) is 0 Å². The first-order chi connectivity index (χ1) is 7.81. The molecule has 17 heavy (non-hydrogen) atoms. The van der Waals surface area contributed by atoms with Crippen LogP contribution in [-0.4, -0.2) is 53.5 Å². The Balaban J connectivity index is 0.00000144. The molecular weight excluding hydrogens is 242 g/mol. The highest BCUT2D eigenvalue weighted by Gasteiger charge is 2.20. The third-order valence-electron chi connectivity index (χ3n) is 2.68. The summed E-state index contributed by atoms with van der Waals surface area (Å²) in [5.41, 5.74) is 5.32. The van der Waals surface area contributed by atoms with Crippen molar-refractivity contribution in [3.8, 4) is 0 Å². The molecular formula is C10H16ClN5O. The van der Waals surface area contributed by atoms with Crippen molar-refractivity contribution in [2.45, 2.75) is 0 Å². The summed E-state index contributed by atoms with van der Waals surface area (Å²) in [6, 6.07) is 0. The molecule has 1 fully saturated rings. The molecule has 1 aliphatic rings. The molecule has 0 aliphatic carbocycles. The van der Waals surface area contributed by atoms with Gasteiger partial charge in [-0.3, -0.25) is 9.78 Å². The third-order valence-corrected chi connectivity index (χ3v) is 2.68. The Labute approximate surface area is 106 Å². The average Bonchev–Trinajstić information content (AvgIpc) is 2.39. The smallest absolute Gasteiger partial charge is 0.236 e. The molecule has 2 N–H and O–H groups in total. The van der Waals surface area contributed by atoms with E-state index in [1.54, 1.807) is 23.5 Å². The van der Waals surface area contributed by atoms with Gasteiger partial charge in [-0.05, 0) is 0 Å².